The van der Waals surface area contributed by atoms with Gasteiger partial charge in [-0.05, 0) is 11.1 Å². The average Bonchev–Trinajstić information content (AvgIpc) is 2.70. The molecular formula is C20H18N2O5. The second kappa shape index (κ2) is 10.4. The van der Waals surface area contributed by atoms with Gasteiger partial charge in [0.2, 0.25) is 0 Å². The van der Waals surface area contributed by atoms with E-state index in [0.29, 0.717) is 13.2 Å². The van der Waals surface area contributed by atoms with Crippen LogP contribution in [0.5, 0.6) is 0 Å². The standard InChI is InChI=1S/C14H14O.C6H4N2O4/c1-3-7-13(8-4-1)11-15-12-14-9-5-2-6-10-14;9-7(10)5-1-2-6(4-3-5)8(11)12/h1-10H,11-12H2;1-4H. The molecule has 0 unspecified atom stereocenters. The van der Waals surface area contributed by atoms with E-state index in [9.17, 15) is 20.2 Å². The molecule has 3 aromatic rings. The van der Waals surface area contributed by atoms with Gasteiger partial charge in [0.05, 0.1) is 23.1 Å². The lowest BCUT2D eigenvalue weighted by molar-refractivity contribution is -0.389. The molecule has 0 fully saturated rings. The van der Waals surface area contributed by atoms with Gasteiger partial charge in [-0.3, -0.25) is 20.2 Å². The second-order valence-electron chi connectivity index (χ2n) is 5.49. The molecule has 0 saturated carbocycles. The molecule has 0 bridgehead atoms. The summed E-state index contributed by atoms with van der Waals surface area (Å²) in [6.45, 7) is 1.35. The van der Waals surface area contributed by atoms with Crippen LogP contribution < -0.4 is 0 Å². The largest absolute Gasteiger partial charge is 0.372 e. The van der Waals surface area contributed by atoms with Crippen molar-refractivity contribution in [3.05, 3.63) is 116 Å². The number of hydrogen-bond donors (Lipinski definition) is 0. The Morgan fingerprint density at radius 2 is 0.926 bits per heavy atom. The van der Waals surface area contributed by atoms with Crippen LogP contribution in [0.4, 0.5) is 11.4 Å². The van der Waals surface area contributed by atoms with E-state index in [4.69, 9.17) is 4.74 Å². The lowest BCUT2D eigenvalue weighted by Gasteiger charge is -2.03. The highest BCUT2D eigenvalue weighted by Crippen LogP contribution is 2.16. The van der Waals surface area contributed by atoms with Crippen molar-refractivity contribution in [2.45, 2.75) is 13.2 Å². The summed E-state index contributed by atoms with van der Waals surface area (Å²) in [5.41, 5.74) is 2.13. The highest BCUT2D eigenvalue weighted by molar-refractivity contribution is 5.39. The van der Waals surface area contributed by atoms with Crippen LogP contribution in [-0.4, -0.2) is 9.85 Å². The topological polar surface area (TPSA) is 95.5 Å². The lowest BCUT2D eigenvalue weighted by atomic mass is 10.2. The molecule has 27 heavy (non-hydrogen) atoms. The van der Waals surface area contributed by atoms with Gasteiger partial charge in [0, 0.05) is 24.3 Å². The van der Waals surface area contributed by atoms with Crippen molar-refractivity contribution in [3.8, 4) is 0 Å². The minimum Gasteiger partial charge on any atom is -0.372 e. The molecule has 0 atom stereocenters. The maximum absolute atomic E-state index is 10.1. The molecule has 0 aliphatic carbocycles. The predicted octanol–water partition coefficient (Wildman–Crippen LogP) is 4.91. The minimum absolute atomic E-state index is 0.152. The van der Waals surface area contributed by atoms with Crippen LogP contribution >= 0.6 is 0 Å². The van der Waals surface area contributed by atoms with E-state index in [1.807, 2.05) is 36.4 Å². The molecule has 138 valence electrons. The monoisotopic (exact) mass is 366 g/mol. The van der Waals surface area contributed by atoms with E-state index < -0.39 is 9.85 Å². The quantitative estimate of drug-likeness (QED) is 0.456. The van der Waals surface area contributed by atoms with Crippen LogP contribution in [0.1, 0.15) is 11.1 Å². The molecule has 0 aliphatic heterocycles. The number of nitrogens with zero attached hydrogens (tertiary/aromatic N) is 2. The predicted molar refractivity (Wildman–Crippen MR) is 101 cm³/mol. The molecule has 3 rings (SSSR count). The summed E-state index contributed by atoms with van der Waals surface area (Å²) in [5.74, 6) is 0. The van der Waals surface area contributed by atoms with Gasteiger partial charge in [0.1, 0.15) is 0 Å². The van der Waals surface area contributed by atoms with Gasteiger partial charge in [-0.2, -0.15) is 0 Å². The minimum atomic E-state index is -0.607. The first-order valence-electron chi connectivity index (χ1n) is 8.10. The average molecular weight is 366 g/mol. The first kappa shape index (κ1) is 19.7. The third-order valence-corrected chi connectivity index (χ3v) is 3.49. The van der Waals surface area contributed by atoms with Crippen molar-refractivity contribution < 1.29 is 14.6 Å². The van der Waals surface area contributed by atoms with Crippen molar-refractivity contribution in [1.82, 2.24) is 0 Å². The molecule has 0 N–H and O–H groups in total. The Labute approximate surface area is 156 Å². The van der Waals surface area contributed by atoms with E-state index in [1.54, 1.807) is 0 Å². The molecule has 0 spiro atoms. The van der Waals surface area contributed by atoms with Crippen molar-refractivity contribution in [1.29, 1.82) is 0 Å². The van der Waals surface area contributed by atoms with Gasteiger partial charge in [-0.1, -0.05) is 60.7 Å². The van der Waals surface area contributed by atoms with E-state index >= 15 is 0 Å². The smallest absolute Gasteiger partial charge is 0.269 e. The van der Waals surface area contributed by atoms with Crippen LogP contribution in [0.25, 0.3) is 0 Å². The first-order valence-corrected chi connectivity index (χ1v) is 8.10. The van der Waals surface area contributed by atoms with Crippen molar-refractivity contribution >= 4 is 11.4 Å². The van der Waals surface area contributed by atoms with Gasteiger partial charge in [-0.15, -0.1) is 0 Å². The Morgan fingerprint density at radius 1 is 0.593 bits per heavy atom. The zero-order chi connectivity index (χ0) is 19.5. The third kappa shape index (κ3) is 7.05. The summed E-state index contributed by atoms with van der Waals surface area (Å²) in [6, 6.07) is 24.8. The van der Waals surface area contributed by atoms with Crippen molar-refractivity contribution in [2.24, 2.45) is 0 Å². The third-order valence-electron chi connectivity index (χ3n) is 3.49. The SMILES string of the molecule is O=[N+]([O-])c1ccc([N+](=O)[O-])cc1.c1ccc(COCc2ccccc2)cc1. The number of non-ortho nitro benzene ring substituents is 2. The summed E-state index contributed by atoms with van der Waals surface area (Å²) in [7, 11) is 0. The molecule has 0 amide bonds. The highest BCUT2D eigenvalue weighted by Gasteiger charge is 2.08. The fraction of sp³-hybridized carbons (Fsp3) is 0.100. The number of nitro benzene ring substituents is 2. The number of nitro groups is 2. The van der Waals surface area contributed by atoms with Crippen LogP contribution in [-0.2, 0) is 18.0 Å². The van der Waals surface area contributed by atoms with Crippen LogP contribution in [0.15, 0.2) is 84.9 Å². The van der Waals surface area contributed by atoms with Gasteiger partial charge in [0.15, 0.2) is 0 Å². The molecule has 0 radical (unpaired) electrons. The van der Waals surface area contributed by atoms with Crippen LogP contribution in [0.2, 0.25) is 0 Å². The maximum atomic E-state index is 10.1. The van der Waals surface area contributed by atoms with E-state index in [2.05, 4.69) is 24.3 Å². The molecule has 0 saturated heterocycles. The molecule has 0 aromatic heterocycles. The normalized spacial score (nSPS) is 9.78. The van der Waals surface area contributed by atoms with Crippen molar-refractivity contribution in [2.75, 3.05) is 0 Å². The number of benzene rings is 3. The Hall–Kier alpha value is -3.58. The van der Waals surface area contributed by atoms with E-state index in [1.165, 1.54) is 11.1 Å². The zero-order valence-electron chi connectivity index (χ0n) is 14.4. The Kier molecular flexibility index (Phi) is 7.62. The zero-order valence-corrected chi connectivity index (χ0v) is 14.4. The second-order valence-corrected chi connectivity index (χ2v) is 5.49. The summed E-state index contributed by atoms with van der Waals surface area (Å²) in [5, 5.41) is 20.2. The molecule has 0 heterocycles. The Balaban J connectivity index is 0.000000199. The van der Waals surface area contributed by atoms with Gasteiger partial charge < -0.3 is 4.74 Å². The van der Waals surface area contributed by atoms with Gasteiger partial charge >= 0.3 is 0 Å². The highest BCUT2D eigenvalue weighted by atomic mass is 16.6. The van der Waals surface area contributed by atoms with Crippen molar-refractivity contribution in [3.63, 3.8) is 0 Å². The lowest BCUT2D eigenvalue weighted by Crippen LogP contribution is -1.93. The van der Waals surface area contributed by atoms with Crippen LogP contribution in [0.3, 0.4) is 0 Å². The summed E-state index contributed by atoms with van der Waals surface area (Å²) < 4.78 is 5.61. The summed E-state index contributed by atoms with van der Waals surface area (Å²) >= 11 is 0. The Morgan fingerprint density at radius 3 is 1.22 bits per heavy atom. The van der Waals surface area contributed by atoms with E-state index in [0.717, 1.165) is 24.3 Å². The molecule has 3 aromatic carbocycles. The molecule has 7 heteroatoms. The number of hydrogen-bond acceptors (Lipinski definition) is 5. The molecular weight excluding hydrogens is 348 g/mol. The maximum Gasteiger partial charge on any atom is 0.269 e. The van der Waals surface area contributed by atoms with Gasteiger partial charge in [0.25, 0.3) is 11.4 Å². The number of rotatable bonds is 6. The summed E-state index contributed by atoms with van der Waals surface area (Å²) in [4.78, 5) is 19.0. The van der Waals surface area contributed by atoms with E-state index in [-0.39, 0.29) is 11.4 Å². The first-order chi connectivity index (χ1) is 13.1. The fourth-order valence-electron chi connectivity index (χ4n) is 2.13. The molecule has 7 nitrogen and oxygen atoms in total. The van der Waals surface area contributed by atoms with Gasteiger partial charge in [-0.25, -0.2) is 0 Å². The number of ether oxygens (including phenoxy) is 1. The van der Waals surface area contributed by atoms with Crippen LogP contribution in [0, 0.1) is 20.2 Å². The molecule has 0 aliphatic rings. The summed E-state index contributed by atoms with van der Waals surface area (Å²) in [6.07, 6.45) is 0. The Bertz CT molecular complexity index is 780. The fourth-order valence-corrected chi connectivity index (χ4v) is 2.13.